The molecule has 0 bridgehead atoms. The summed E-state index contributed by atoms with van der Waals surface area (Å²) in [5.74, 6) is 0.352. The van der Waals surface area contributed by atoms with Crippen molar-refractivity contribution in [2.24, 2.45) is 5.92 Å². The summed E-state index contributed by atoms with van der Waals surface area (Å²) in [5.41, 5.74) is 0. The van der Waals surface area contributed by atoms with Gasteiger partial charge in [-0.05, 0) is 50.2 Å². The minimum absolute atomic E-state index is 0.0370. The van der Waals surface area contributed by atoms with Crippen LogP contribution in [0, 0.1) is 5.92 Å². The highest BCUT2D eigenvalue weighted by Crippen LogP contribution is 2.49. The molecule has 0 aromatic heterocycles. The van der Waals surface area contributed by atoms with E-state index < -0.39 is 7.92 Å². The van der Waals surface area contributed by atoms with Gasteiger partial charge < -0.3 is 10.6 Å². The van der Waals surface area contributed by atoms with Gasteiger partial charge in [0.2, 0.25) is 5.91 Å². The van der Waals surface area contributed by atoms with Crippen LogP contribution in [0.25, 0.3) is 0 Å². The zero-order chi connectivity index (χ0) is 19.3. The average Bonchev–Trinajstić information content (AvgIpc) is 3.42. The molecule has 1 aliphatic carbocycles. The van der Waals surface area contributed by atoms with Crippen molar-refractivity contribution < 1.29 is 4.79 Å². The summed E-state index contributed by atoms with van der Waals surface area (Å²) in [4.78, 5) is 12.6. The number of benzene rings is 2. The molecule has 1 amide bonds. The van der Waals surface area contributed by atoms with E-state index in [9.17, 15) is 4.79 Å². The van der Waals surface area contributed by atoms with Crippen LogP contribution in [-0.2, 0) is 4.79 Å². The van der Waals surface area contributed by atoms with Gasteiger partial charge in [0.05, 0.1) is 6.04 Å². The summed E-state index contributed by atoms with van der Waals surface area (Å²) in [5, 5.41) is 10.7. The van der Waals surface area contributed by atoms with Crippen molar-refractivity contribution >= 4 is 24.4 Å². The third-order valence-corrected chi connectivity index (χ3v) is 8.09. The Morgan fingerprint density at radius 3 is 2.29 bits per heavy atom. The Balaban J connectivity index is 1.58. The maximum Gasteiger partial charge on any atom is 0.237 e. The number of allylic oxidation sites excluding steroid dienone is 2. The standard InChI is InChI=1S/C24H27N2OP/c1-18(26-24(27)22-15-9-17-25-22)21-14-8-16-23(21)28(19-10-4-2-5-11-19)20-12-6-3-7-13-20/h2-8,10-14,16,18,21-22,25H,9,15,17H2,1H3,(H,26,27)/t18-,21+,22-/m1/s1. The maximum atomic E-state index is 12.6. The lowest BCUT2D eigenvalue weighted by Crippen LogP contribution is -2.46. The van der Waals surface area contributed by atoms with E-state index in [2.05, 4.69) is 96.4 Å². The molecule has 3 nitrogen and oxygen atoms in total. The highest BCUT2D eigenvalue weighted by molar-refractivity contribution is 7.76. The summed E-state index contributed by atoms with van der Waals surface area (Å²) in [6, 6.07) is 21.5. The van der Waals surface area contributed by atoms with Crippen molar-refractivity contribution in [2.45, 2.75) is 31.8 Å². The van der Waals surface area contributed by atoms with Gasteiger partial charge in [0.25, 0.3) is 0 Å². The third kappa shape index (κ3) is 4.11. The molecule has 2 aliphatic rings. The van der Waals surface area contributed by atoms with Gasteiger partial charge in [-0.1, -0.05) is 78.9 Å². The number of carbonyl (C=O) groups excluding carboxylic acids is 1. The van der Waals surface area contributed by atoms with Crippen LogP contribution in [0.2, 0.25) is 0 Å². The monoisotopic (exact) mass is 390 g/mol. The van der Waals surface area contributed by atoms with Gasteiger partial charge in [-0.3, -0.25) is 4.79 Å². The Bertz CT molecular complexity index is 817. The number of carbonyl (C=O) groups is 1. The molecular weight excluding hydrogens is 363 g/mol. The van der Waals surface area contributed by atoms with Gasteiger partial charge in [-0.15, -0.1) is 0 Å². The highest BCUT2D eigenvalue weighted by Gasteiger charge is 2.31. The average molecular weight is 390 g/mol. The predicted molar refractivity (Wildman–Crippen MR) is 118 cm³/mol. The van der Waals surface area contributed by atoms with Gasteiger partial charge in [0.1, 0.15) is 0 Å². The van der Waals surface area contributed by atoms with E-state index in [1.807, 2.05) is 0 Å². The van der Waals surface area contributed by atoms with Crippen LogP contribution in [0.4, 0.5) is 0 Å². The Morgan fingerprint density at radius 1 is 1.07 bits per heavy atom. The number of nitrogens with one attached hydrogen (secondary N) is 2. The molecule has 144 valence electrons. The molecule has 1 heterocycles. The predicted octanol–water partition coefficient (Wildman–Crippen LogP) is 3.45. The number of hydrogen-bond donors (Lipinski definition) is 2. The minimum atomic E-state index is -0.627. The third-order valence-electron chi connectivity index (χ3n) is 5.50. The first kappa shape index (κ1) is 19.1. The van der Waals surface area contributed by atoms with E-state index in [0.717, 1.165) is 19.4 Å². The van der Waals surface area contributed by atoms with Crippen LogP contribution in [0.3, 0.4) is 0 Å². The van der Waals surface area contributed by atoms with E-state index in [4.69, 9.17) is 0 Å². The van der Waals surface area contributed by atoms with Gasteiger partial charge in [-0.25, -0.2) is 0 Å². The fourth-order valence-electron chi connectivity index (χ4n) is 4.05. The molecule has 0 unspecified atom stereocenters. The van der Waals surface area contributed by atoms with Crippen molar-refractivity contribution in [1.82, 2.24) is 10.6 Å². The van der Waals surface area contributed by atoms with E-state index in [0.29, 0.717) is 0 Å². The van der Waals surface area contributed by atoms with E-state index in [1.165, 1.54) is 15.9 Å². The van der Waals surface area contributed by atoms with Crippen molar-refractivity contribution in [3.8, 4) is 0 Å². The first-order chi connectivity index (χ1) is 13.7. The number of hydrogen-bond acceptors (Lipinski definition) is 2. The molecular formula is C24H27N2OP. The van der Waals surface area contributed by atoms with Crippen LogP contribution in [0.1, 0.15) is 19.8 Å². The summed E-state index contributed by atoms with van der Waals surface area (Å²) in [6.07, 6.45) is 8.66. The van der Waals surface area contributed by atoms with E-state index >= 15 is 0 Å². The number of amides is 1. The summed E-state index contributed by atoms with van der Waals surface area (Å²) >= 11 is 0. The Morgan fingerprint density at radius 2 is 1.71 bits per heavy atom. The van der Waals surface area contributed by atoms with Crippen molar-refractivity contribution in [1.29, 1.82) is 0 Å². The minimum Gasteiger partial charge on any atom is -0.351 e. The number of rotatable bonds is 6. The second-order valence-electron chi connectivity index (χ2n) is 7.45. The zero-order valence-corrected chi connectivity index (χ0v) is 17.1. The normalized spacial score (nSPS) is 22.3. The summed E-state index contributed by atoms with van der Waals surface area (Å²) in [7, 11) is -0.627. The summed E-state index contributed by atoms with van der Waals surface area (Å²) < 4.78 is 0. The topological polar surface area (TPSA) is 41.1 Å². The van der Waals surface area contributed by atoms with Crippen LogP contribution in [0.5, 0.6) is 0 Å². The Hall–Kier alpha value is -2.22. The van der Waals surface area contributed by atoms with Crippen molar-refractivity contribution in [2.75, 3.05) is 6.54 Å². The molecule has 2 N–H and O–H groups in total. The molecule has 1 saturated heterocycles. The van der Waals surface area contributed by atoms with Crippen molar-refractivity contribution in [3.05, 3.63) is 84.2 Å². The lowest BCUT2D eigenvalue weighted by Gasteiger charge is -2.29. The zero-order valence-electron chi connectivity index (χ0n) is 16.2. The van der Waals surface area contributed by atoms with Gasteiger partial charge in [0.15, 0.2) is 0 Å². The molecule has 0 saturated carbocycles. The summed E-state index contributed by atoms with van der Waals surface area (Å²) in [6.45, 7) is 3.07. The molecule has 28 heavy (non-hydrogen) atoms. The van der Waals surface area contributed by atoms with E-state index in [-0.39, 0.29) is 23.9 Å². The smallest absolute Gasteiger partial charge is 0.237 e. The molecule has 1 aliphatic heterocycles. The lowest BCUT2D eigenvalue weighted by molar-refractivity contribution is -0.123. The molecule has 0 radical (unpaired) electrons. The molecule has 3 atom stereocenters. The highest BCUT2D eigenvalue weighted by atomic mass is 31.1. The Kier molecular flexibility index (Phi) is 6.04. The van der Waals surface area contributed by atoms with Crippen LogP contribution in [0.15, 0.2) is 84.2 Å². The van der Waals surface area contributed by atoms with Gasteiger partial charge in [0, 0.05) is 12.0 Å². The van der Waals surface area contributed by atoms with Crippen LogP contribution >= 0.6 is 7.92 Å². The fraction of sp³-hybridized carbons (Fsp3) is 0.292. The van der Waals surface area contributed by atoms with E-state index in [1.54, 1.807) is 0 Å². The fourth-order valence-corrected chi connectivity index (χ4v) is 6.73. The molecule has 4 rings (SSSR count). The molecule has 2 aromatic rings. The second-order valence-corrected chi connectivity index (χ2v) is 9.67. The van der Waals surface area contributed by atoms with Gasteiger partial charge in [-0.2, -0.15) is 0 Å². The first-order valence-corrected chi connectivity index (χ1v) is 11.4. The van der Waals surface area contributed by atoms with Gasteiger partial charge >= 0.3 is 0 Å². The molecule has 2 aromatic carbocycles. The van der Waals surface area contributed by atoms with Crippen LogP contribution in [-0.4, -0.2) is 24.5 Å². The molecule has 1 fully saturated rings. The molecule has 4 heteroatoms. The molecule has 0 spiro atoms. The van der Waals surface area contributed by atoms with Crippen molar-refractivity contribution in [3.63, 3.8) is 0 Å². The maximum absolute atomic E-state index is 12.6. The largest absolute Gasteiger partial charge is 0.351 e. The second kappa shape index (κ2) is 8.86. The quantitative estimate of drug-likeness (QED) is 0.742. The van der Waals surface area contributed by atoms with Crippen LogP contribution < -0.4 is 21.2 Å². The SMILES string of the molecule is C[C@@H](NC(=O)[C@H]1CCCN1)[C@@H]1C=CC=C1P(c1ccccc1)c1ccccc1. The lowest BCUT2D eigenvalue weighted by atomic mass is 10.0. The first-order valence-electron chi connectivity index (χ1n) is 10.1. The Labute approximate surface area is 168 Å².